The molecule has 1 amide bonds. The standard InChI is InChI=1S/C15H18N4O3S/c1-23(21,22)13-9-17-18-15(13)12-4-6-19(10-12)14(20)7-11-3-2-5-16-8-11/h2-3,5,8-9,12H,4,6-7,10H2,1H3,(H,17,18)/t12-/m1/s1. The Hall–Kier alpha value is -2.22. The minimum atomic E-state index is -3.32. The average molecular weight is 334 g/mol. The fourth-order valence-electron chi connectivity index (χ4n) is 2.88. The van der Waals surface area contributed by atoms with Crippen molar-refractivity contribution < 1.29 is 13.2 Å². The summed E-state index contributed by atoms with van der Waals surface area (Å²) in [4.78, 5) is 18.4. The number of hydrogen-bond donors (Lipinski definition) is 1. The molecule has 0 spiro atoms. The molecule has 1 atom stereocenters. The van der Waals surface area contributed by atoms with Crippen molar-refractivity contribution in [3.8, 4) is 0 Å². The molecule has 0 saturated carbocycles. The first-order chi connectivity index (χ1) is 10.9. The SMILES string of the molecule is CS(=O)(=O)c1cn[nH]c1[C@@H]1CCN(C(=O)Cc2cccnc2)C1. The van der Waals surface area contributed by atoms with Crippen LogP contribution < -0.4 is 0 Å². The number of amides is 1. The Morgan fingerprint density at radius 2 is 2.26 bits per heavy atom. The van der Waals surface area contributed by atoms with Crippen LogP contribution in [0.3, 0.4) is 0 Å². The van der Waals surface area contributed by atoms with Crippen molar-refractivity contribution in [3.63, 3.8) is 0 Å². The number of hydrogen-bond acceptors (Lipinski definition) is 5. The van der Waals surface area contributed by atoms with Crippen molar-refractivity contribution in [2.45, 2.75) is 23.7 Å². The van der Waals surface area contributed by atoms with Gasteiger partial charge in [0.25, 0.3) is 0 Å². The molecule has 0 aromatic carbocycles. The van der Waals surface area contributed by atoms with Crippen LogP contribution in [0.5, 0.6) is 0 Å². The van der Waals surface area contributed by atoms with Crippen molar-refractivity contribution >= 4 is 15.7 Å². The molecule has 8 heteroatoms. The zero-order chi connectivity index (χ0) is 16.4. The number of nitrogens with zero attached hydrogens (tertiary/aromatic N) is 3. The normalized spacial score (nSPS) is 18.3. The Kier molecular flexibility index (Phi) is 4.16. The summed E-state index contributed by atoms with van der Waals surface area (Å²) in [5.41, 5.74) is 1.48. The Morgan fingerprint density at radius 3 is 2.96 bits per heavy atom. The molecular formula is C15H18N4O3S. The predicted molar refractivity (Wildman–Crippen MR) is 83.6 cm³/mol. The highest BCUT2D eigenvalue weighted by Crippen LogP contribution is 2.30. The predicted octanol–water partition coefficient (Wildman–Crippen LogP) is 0.767. The van der Waals surface area contributed by atoms with Gasteiger partial charge in [-0.3, -0.25) is 14.9 Å². The molecule has 3 rings (SSSR count). The molecule has 1 aliphatic rings. The molecule has 1 fully saturated rings. The van der Waals surface area contributed by atoms with E-state index in [1.54, 1.807) is 23.4 Å². The monoisotopic (exact) mass is 334 g/mol. The second-order valence-corrected chi connectivity index (χ2v) is 7.77. The lowest BCUT2D eigenvalue weighted by Gasteiger charge is -2.16. The van der Waals surface area contributed by atoms with Crippen LogP contribution in [0.2, 0.25) is 0 Å². The van der Waals surface area contributed by atoms with E-state index in [1.165, 1.54) is 12.5 Å². The Labute approximate surface area is 134 Å². The highest BCUT2D eigenvalue weighted by atomic mass is 32.2. The van der Waals surface area contributed by atoms with E-state index < -0.39 is 9.84 Å². The van der Waals surface area contributed by atoms with E-state index in [9.17, 15) is 13.2 Å². The fraction of sp³-hybridized carbons (Fsp3) is 0.400. The molecule has 0 aliphatic carbocycles. The van der Waals surface area contributed by atoms with Gasteiger partial charge in [0.2, 0.25) is 5.91 Å². The van der Waals surface area contributed by atoms with Crippen LogP contribution in [0.1, 0.15) is 23.6 Å². The summed E-state index contributed by atoms with van der Waals surface area (Å²) < 4.78 is 23.6. The molecule has 0 bridgehead atoms. The number of carbonyl (C=O) groups excluding carboxylic acids is 1. The van der Waals surface area contributed by atoms with Crippen LogP contribution in [0.25, 0.3) is 0 Å². The molecule has 3 heterocycles. The van der Waals surface area contributed by atoms with Gasteiger partial charge in [-0.1, -0.05) is 6.07 Å². The minimum Gasteiger partial charge on any atom is -0.342 e. The molecule has 2 aromatic rings. The molecule has 2 aromatic heterocycles. The van der Waals surface area contributed by atoms with Gasteiger partial charge in [-0.25, -0.2) is 8.42 Å². The number of pyridine rings is 1. The summed E-state index contributed by atoms with van der Waals surface area (Å²) in [6.07, 6.45) is 6.89. The topological polar surface area (TPSA) is 96.0 Å². The van der Waals surface area contributed by atoms with E-state index in [1.807, 2.05) is 6.07 Å². The summed E-state index contributed by atoms with van der Waals surface area (Å²) >= 11 is 0. The van der Waals surface area contributed by atoms with Crippen LogP contribution in [0, 0.1) is 0 Å². The van der Waals surface area contributed by atoms with Crippen molar-refractivity contribution in [1.29, 1.82) is 0 Å². The van der Waals surface area contributed by atoms with Gasteiger partial charge in [0.05, 0.1) is 18.3 Å². The third-order valence-corrected chi connectivity index (χ3v) is 5.18. The smallest absolute Gasteiger partial charge is 0.227 e. The first-order valence-corrected chi connectivity index (χ1v) is 9.24. The van der Waals surface area contributed by atoms with Crippen LogP contribution in [0.15, 0.2) is 35.6 Å². The van der Waals surface area contributed by atoms with Gasteiger partial charge in [-0.05, 0) is 18.1 Å². The van der Waals surface area contributed by atoms with E-state index in [-0.39, 0.29) is 16.7 Å². The van der Waals surface area contributed by atoms with Crippen LogP contribution in [-0.2, 0) is 21.1 Å². The quantitative estimate of drug-likeness (QED) is 0.891. The zero-order valence-corrected chi connectivity index (χ0v) is 13.6. The number of carbonyl (C=O) groups is 1. The summed E-state index contributed by atoms with van der Waals surface area (Å²) in [7, 11) is -3.32. The second-order valence-electron chi connectivity index (χ2n) is 5.78. The fourth-order valence-corrected chi connectivity index (χ4v) is 3.74. The third-order valence-electron chi connectivity index (χ3n) is 4.06. The highest BCUT2D eigenvalue weighted by Gasteiger charge is 2.31. The number of aromatic nitrogens is 3. The van der Waals surface area contributed by atoms with Crippen molar-refractivity contribution in [2.24, 2.45) is 0 Å². The highest BCUT2D eigenvalue weighted by molar-refractivity contribution is 7.90. The third kappa shape index (κ3) is 3.42. The Morgan fingerprint density at radius 1 is 1.43 bits per heavy atom. The number of rotatable bonds is 4. The molecule has 122 valence electrons. The number of aromatic amines is 1. The van der Waals surface area contributed by atoms with Gasteiger partial charge in [0.15, 0.2) is 9.84 Å². The lowest BCUT2D eigenvalue weighted by molar-refractivity contribution is -0.129. The van der Waals surface area contributed by atoms with Crippen LogP contribution >= 0.6 is 0 Å². The van der Waals surface area contributed by atoms with Gasteiger partial charge in [0, 0.05) is 37.7 Å². The van der Waals surface area contributed by atoms with Gasteiger partial charge in [-0.15, -0.1) is 0 Å². The maximum absolute atomic E-state index is 12.4. The molecule has 7 nitrogen and oxygen atoms in total. The number of H-pyrrole nitrogens is 1. The molecule has 1 aliphatic heterocycles. The van der Waals surface area contributed by atoms with Gasteiger partial charge < -0.3 is 4.90 Å². The zero-order valence-electron chi connectivity index (χ0n) is 12.8. The van der Waals surface area contributed by atoms with E-state index in [4.69, 9.17) is 0 Å². The molecular weight excluding hydrogens is 316 g/mol. The minimum absolute atomic E-state index is 0.0277. The molecule has 0 radical (unpaired) electrons. The van der Waals surface area contributed by atoms with Gasteiger partial charge >= 0.3 is 0 Å². The molecule has 1 saturated heterocycles. The number of nitrogens with one attached hydrogen (secondary N) is 1. The first kappa shape index (κ1) is 15.7. The second kappa shape index (κ2) is 6.11. The van der Waals surface area contributed by atoms with E-state index in [0.717, 1.165) is 12.0 Å². The summed E-state index contributed by atoms with van der Waals surface area (Å²) in [5.74, 6) is 0.000921. The Bertz CT molecular complexity index is 801. The van der Waals surface area contributed by atoms with Crippen molar-refractivity contribution in [3.05, 3.63) is 42.0 Å². The molecule has 0 unspecified atom stereocenters. The van der Waals surface area contributed by atoms with E-state index >= 15 is 0 Å². The van der Waals surface area contributed by atoms with Crippen molar-refractivity contribution in [1.82, 2.24) is 20.1 Å². The average Bonchev–Trinajstić information content (AvgIpc) is 3.16. The first-order valence-electron chi connectivity index (χ1n) is 7.35. The molecule has 1 N–H and O–H groups in total. The maximum atomic E-state index is 12.4. The van der Waals surface area contributed by atoms with Crippen molar-refractivity contribution in [2.75, 3.05) is 19.3 Å². The molecule has 23 heavy (non-hydrogen) atoms. The summed E-state index contributed by atoms with van der Waals surface area (Å²) in [6, 6.07) is 3.67. The maximum Gasteiger partial charge on any atom is 0.227 e. The van der Waals surface area contributed by atoms with E-state index in [2.05, 4.69) is 15.2 Å². The summed E-state index contributed by atoms with van der Waals surface area (Å²) in [5, 5.41) is 6.64. The largest absolute Gasteiger partial charge is 0.342 e. The number of likely N-dealkylation sites (tertiary alicyclic amines) is 1. The Balaban J connectivity index is 1.69. The number of sulfone groups is 1. The van der Waals surface area contributed by atoms with Crippen LogP contribution in [0.4, 0.5) is 0 Å². The van der Waals surface area contributed by atoms with E-state index in [0.29, 0.717) is 25.2 Å². The van der Waals surface area contributed by atoms with Gasteiger partial charge in [-0.2, -0.15) is 5.10 Å². The summed E-state index contributed by atoms with van der Waals surface area (Å²) in [6.45, 7) is 1.12. The lowest BCUT2D eigenvalue weighted by atomic mass is 10.1. The lowest BCUT2D eigenvalue weighted by Crippen LogP contribution is -2.30. The van der Waals surface area contributed by atoms with Crippen LogP contribution in [-0.4, -0.2) is 53.8 Å². The van der Waals surface area contributed by atoms with Gasteiger partial charge in [0.1, 0.15) is 4.90 Å².